The van der Waals surface area contributed by atoms with Gasteiger partial charge in [0, 0.05) is 32.1 Å². The van der Waals surface area contributed by atoms with Crippen LogP contribution in [-0.4, -0.2) is 49.7 Å². The molecule has 1 aliphatic carbocycles. The lowest BCUT2D eigenvalue weighted by Gasteiger charge is -2.38. The van der Waals surface area contributed by atoms with Crippen LogP contribution < -0.4 is 5.32 Å². The minimum absolute atomic E-state index is 0.260. The van der Waals surface area contributed by atoms with E-state index < -0.39 is 0 Å². The van der Waals surface area contributed by atoms with Crippen LogP contribution in [0.2, 0.25) is 0 Å². The van der Waals surface area contributed by atoms with Crippen LogP contribution in [0.3, 0.4) is 0 Å². The maximum Gasteiger partial charge on any atom is 0.220 e. The summed E-state index contributed by atoms with van der Waals surface area (Å²) in [5.41, 5.74) is 0. The van der Waals surface area contributed by atoms with Crippen molar-refractivity contribution in [2.45, 2.75) is 64.8 Å². The molecule has 1 N–H and O–H groups in total. The van der Waals surface area contributed by atoms with Crippen molar-refractivity contribution in [3.8, 4) is 0 Å². The lowest BCUT2D eigenvalue weighted by Crippen LogP contribution is -2.52. The summed E-state index contributed by atoms with van der Waals surface area (Å²) < 4.78 is 5.48. The van der Waals surface area contributed by atoms with E-state index in [-0.39, 0.29) is 5.91 Å². The first kappa shape index (κ1) is 17.7. The number of amides is 1. The molecule has 2 fully saturated rings. The van der Waals surface area contributed by atoms with Crippen LogP contribution in [0.15, 0.2) is 0 Å². The summed E-state index contributed by atoms with van der Waals surface area (Å²) in [6.45, 7) is 8.99. The fourth-order valence-corrected chi connectivity index (χ4v) is 4.10. The molecule has 22 heavy (non-hydrogen) atoms. The van der Waals surface area contributed by atoms with Gasteiger partial charge in [-0.1, -0.05) is 39.5 Å². The molecule has 2 aliphatic rings. The van der Waals surface area contributed by atoms with Gasteiger partial charge < -0.3 is 10.1 Å². The Balaban J connectivity index is 1.83. The zero-order valence-electron chi connectivity index (χ0n) is 14.5. The van der Waals surface area contributed by atoms with Gasteiger partial charge in [0.1, 0.15) is 0 Å². The van der Waals surface area contributed by atoms with Gasteiger partial charge >= 0.3 is 0 Å². The number of nitrogens with zero attached hydrogens (tertiary/aromatic N) is 1. The molecule has 1 saturated heterocycles. The van der Waals surface area contributed by atoms with E-state index in [9.17, 15) is 4.79 Å². The summed E-state index contributed by atoms with van der Waals surface area (Å²) in [5.74, 6) is 1.55. The van der Waals surface area contributed by atoms with E-state index in [1.54, 1.807) is 0 Å². The number of rotatable bonds is 8. The molecule has 0 aromatic carbocycles. The van der Waals surface area contributed by atoms with E-state index in [0.29, 0.717) is 17.9 Å². The number of morpholine rings is 1. The van der Waals surface area contributed by atoms with Crippen molar-refractivity contribution in [1.82, 2.24) is 10.2 Å². The third-order valence-corrected chi connectivity index (χ3v) is 5.56. The average Bonchev–Trinajstić information content (AvgIpc) is 3.05. The van der Waals surface area contributed by atoms with Crippen LogP contribution in [0.4, 0.5) is 0 Å². The van der Waals surface area contributed by atoms with E-state index in [0.717, 1.165) is 39.3 Å². The highest BCUT2D eigenvalue weighted by Crippen LogP contribution is 2.27. The minimum atomic E-state index is 0.260. The van der Waals surface area contributed by atoms with Crippen LogP contribution in [0.5, 0.6) is 0 Å². The first-order chi connectivity index (χ1) is 10.7. The monoisotopic (exact) mass is 310 g/mol. The summed E-state index contributed by atoms with van der Waals surface area (Å²) in [4.78, 5) is 14.8. The minimum Gasteiger partial charge on any atom is -0.379 e. The van der Waals surface area contributed by atoms with Gasteiger partial charge in [-0.3, -0.25) is 9.69 Å². The second-order valence-electron chi connectivity index (χ2n) is 6.95. The maximum absolute atomic E-state index is 12.2. The molecule has 4 heteroatoms. The highest BCUT2D eigenvalue weighted by Gasteiger charge is 2.27. The second-order valence-corrected chi connectivity index (χ2v) is 6.95. The number of carbonyl (C=O) groups excluding carboxylic acids is 1. The number of ether oxygens (including phenoxy) is 1. The molecule has 1 aliphatic heterocycles. The van der Waals surface area contributed by atoms with Gasteiger partial charge in [0.15, 0.2) is 0 Å². The Bertz CT molecular complexity index is 319. The van der Waals surface area contributed by atoms with Crippen molar-refractivity contribution in [3.63, 3.8) is 0 Å². The molecule has 0 aromatic heterocycles. The van der Waals surface area contributed by atoms with E-state index in [1.165, 1.54) is 38.5 Å². The summed E-state index contributed by atoms with van der Waals surface area (Å²) in [6.07, 6.45) is 8.19. The Kier molecular flexibility index (Phi) is 7.67. The zero-order chi connectivity index (χ0) is 15.8. The normalized spacial score (nSPS) is 22.1. The third-order valence-electron chi connectivity index (χ3n) is 5.56. The van der Waals surface area contributed by atoms with Crippen LogP contribution in [0.25, 0.3) is 0 Å². The van der Waals surface area contributed by atoms with Crippen molar-refractivity contribution in [2.24, 2.45) is 11.8 Å². The smallest absolute Gasteiger partial charge is 0.220 e. The summed E-state index contributed by atoms with van der Waals surface area (Å²) in [5, 5.41) is 3.23. The van der Waals surface area contributed by atoms with Crippen molar-refractivity contribution >= 4 is 5.91 Å². The molecule has 1 atom stereocenters. The van der Waals surface area contributed by atoms with Crippen molar-refractivity contribution < 1.29 is 9.53 Å². The summed E-state index contributed by atoms with van der Waals surface area (Å²) in [6, 6.07) is 0.464. The Morgan fingerprint density at radius 2 is 1.82 bits per heavy atom. The lowest BCUT2D eigenvalue weighted by molar-refractivity contribution is -0.122. The van der Waals surface area contributed by atoms with Crippen molar-refractivity contribution in [2.75, 3.05) is 32.8 Å². The van der Waals surface area contributed by atoms with Crippen LogP contribution in [-0.2, 0) is 9.53 Å². The number of carbonyl (C=O) groups is 1. The molecule has 1 heterocycles. The standard InChI is InChI=1S/C18H34N2O2/c1-3-16(4-2)17(20-9-11-22-12-10-20)14-19-18(21)13-15-7-5-6-8-15/h15-17H,3-14H2,1-2H3,(H,19,21). The molecule has 1 amide bonds. The number of nitrogens with one attached hydrogen (secondary N) is 1. The first-order valence-corrected chi connectivity index (χ1v) is 9.33. The molecule has 1 unspecified atom stereocenters. The maximum atomic E-state index is 12.2. The molecular weight excluding hydrogens is 276 g/mol. The van der Waals surface area contributed by atoms with Gasteiger partial charge in [-0.15, -0.1) is 0 Å². The molecule has 0 radical (unpaired) electrons. The van der Waals surface area contributed by atoms with E-state index in [1.807, 2.05) is 0 Å². The fraction of sp³-hybridized carbons (Fsp3) is 0.944. The summed E-state index contributed by atoms with van der Waals surface area (Å²) in [7, 11) is 0. The van der Waals surface area contributed by atoms with Gasteiger partial charge in [-0.2, -0.15) is 0 Å². The molecule has 128 valence electrons. The average molecular weight is 310 g/mol. The zero-order valence-corrected chi connectivity index (χ0v) is 14.5. The molecule has 0 spiro atoms. The Labute approximate surface area is 136 Å². The predicted molar refractivity (Wildman–Crippen MR) is 89.8 cm³/mol. The Morgan fingerprint density at radius 3 is 2.41 bits per heavy atom. The van der Waals surface area contributed by atoms with Crippen molar-refractivity contribution in [3.05, 3.63) is 0 Å². The van der Waals surface area contributed by atoms with E-state index in [2.05, 4.69) is 24.1 Å². The van der Waals surface area contributed by atoms with Crippen LogP contribution in [0, 0.1) is 11.8 Å². The summed E-state index contributed by atoms with van der Waals surface area (Å²) >= 11 is 0. The molecular formula is C18H34N2O2. The molecule has 0 bridgehead atoms. The second kappa shape index (κ2) is 9.51. The van der Waals surface area contributed by atoms with Gasteiger partial charge in [0.05, 0.1) is 13.2 Å². The topological polar surface area (TPSA) is 41.6 Å². The fourth-order valence-electron chi connectivity index (χ4n) is 4.10. The Hall–Kier alpha value is -0.610. The van der Waals surface area contributed by atoms with Crippen LogP contribution in [0.1, 0.15) is 58.8 Å². The van der Waals surface area contributed by atoms with E-state index >= 15 is 0 Å². The van der Waals surface area contributed by atoms with Gasteiger partial charge in [-0.05, 0) is 24.7 Å². The Morgan fingerprint density at radius 1 is 1.18 bits per heavy atom. The SMILES string of the molecule is CCC(CC)C(CNC(=O)CC1CCCC1)N1CCOCC1. The molecule has 2 rings (SSSR count). The lowest BCUT2D eigenvalue weighted by atomic mass is 9.92. The highest BCUT2D eigenvalue weighted by atomic mass is 16.5. The van der Waals surface area contributed by atoms with Gasteiger partial charge in [0.25, 0.3) is 0 Å². The number of hydrogen-bond donors (Lipinski definition) is 1. The van der Waals surface area contributed by atoms with Crippen LogP contribution >= 0.6 is 0 Å². The van der Waals surface area contributed by atoms with Gasteiger partial charge in [0.2, 0.25) is 5.91 Å². The highest BCUT2D eigenvalue weighted by molar-refractivity contribution is 5.76. The number of hydrogen-bond acceptors (Lipinski definition) is 3. The quantitative estimate of drug-likeness (QED) is 0.749. The largest absolute Gasteiger partial charge is 0.379 e. The first-order valence-electron chi connectivity index (χ1n) is 9.33. The molecule has 1 saturated carbocycles. The third kappa shape index (κ3) is 5.24. The molecule has 0 aromatic rings. The van der Waals surface area contributed by atoms with E-state index in [4.69, 9.17) is 4.74 Å². The predicted octanol–water partition coefficient (Wildman–Crippen LogP) is 2.82. The van der Waals surface area contributed by atoms with Gasteiger partial charge in [-0.25, -0.2) is 0 Å². The van der Waals surface area contributed by atoms with Crippen molar-refractivity contribution in [1.29, 1.82) is 0 Å². The molecule has 4 nitrogen and oxygen atoms in total.